The number of hydrogen-bond acceptors (Lipinski definition) is 4. The Kier molecular flexibility index (Phi) is 5.00. The lowest BCUT2D eigenvalue weighted by Gasteiger charge is -2.44. The Bertz CT molecular complexity index is 275. The van der Waals surface area contributed by atoms with Gasteiger partial charge in [-0.2, -0.15) is 0 Å². The summed E-state index contributed by atoms with van der Waals surface area (Å²) in [6.07, 6.45) is -0.778. The van der Waals surface area contributed by atoms with Crippen LogP contribution in [-0.4, -0.2) is 50.1 Å². The van der Waals surface area contributed by atoms with Crippen molar-refractivity contribution in [3.05, 3.63) is 0 Å². The molecule has 0 aromatic carbocycles. The lowest BCUT2D eigenvalue weighted by atomic mass is 9.90. The second-order valence-corrected chi connectivity index (χ2v) is 11.5. The summed E-state index contributed by atoms with van der Waals surface area (Å²) in [5.41, 5.74) is 0. The van der Waals surface area contributed by atoms with Crippen LogP contribution < -0.4 is 0 Å². The number of aliphatic hydroxyl groups is 2. The van der Waals surface area contributed by atoms with Crippen LogP contribution in [0.3, 0.4) is 0 Å². The summed E-state index contributed by atoms with van der Waals surface area (Å²) in [5, 5.41) is 20.2. The molecule has 4 nitrogen and oxygen atoms in total. The van der Waals surface area contributed by atoms with Gasteiger partial charge in [0.1, 0.15) is 12.2 Å². The third kappa shape index (κ3) is 3.33. The van der Waals surface area contributed by atoms with Crippen molar-refractivity contribution in [2.24, 2.45) is 0 Å². The van der Waals surface area contributed by atoms with Crippen molar-refractivity contribution in [3.63, 3.8) is 0 Å². The van der Waals surface area contributed by atoms with E-state index in [4.69, 9.17) is 9.16 Å². The third-order valence-corrected chi connectivity index (χ3v) is 8.91. The highest BCUT2D eigenvalue weighted by atomic mass is 28.4. The van der Waals surface area contributed by atoms with Crippen LogP contribution in [0.5, 0.6) is 0 Å². The number of ether oxygens (including phenoxy) is 1. The van der Waals surface area contributed by atoms with Crippen LogP contribution in [0.15, 0.2) is 0 Å². The third-order valence-electron chi connectivity index (χ3n) is 4.40. The summed E-state index contributed by atoms with van der Waals surface area (Å²) in [5.74, 6) is 0. The summed E-state index contributed by atoms with van der Waals surface area (Å²) in [6.45, 7) is 10.8. The fraction of sp³-hybridized carbons (Fsp3) is 1.00. The molecule has 2 N–H and O–H groups in total. The van der Waals surface area contributed by atoms with Crippen LogP contribution in [0.1, 0.15) is 33.6 Å². The van der Waals surface area contributed by atoms with Gasteiger partial charge in [0.2, 0.25) is 0 Å². The standard InChI is InChI=1S/C13H28O4Si/c1-13(2,3)18(5,6)17-10-8-7-9(16-4)11(14)12(10)15/h9-12,14-15H,7-8H2,1-6H3/t9-,10-,11+,12-/m0/s1. The van der Waals surface area contributed by atoms with E-state index in [-0.39, 0.29) is 17.2 Å². The van der Waals surface area contributed by atoms with E-state index in [0.29, 0.717) is 0 Å². The van der Waals surface area contributed by atoms with Crippen LogP contribution in [0, 0.1) is 0 Å². The Balaban J connectivity index is 2.70. The van der Waals surface area contributed by atoms with Crippen molar-refractivity contribution in [3.8, 4) is 0 Å². The first-order valence-corrected chi connectivity index (χ1v) is 9.57. The quantitative estimate of drug-likeness (QED) is 0.773. The highest BCUT2D eigenvalue weighted by Gasteiger charge is 2.44. The lowest BCUT2D eigenvalue weighted by molar-refractivity contribution is -0.140. The fourth-order valence-electron chi connectivity index (χ4n) is 2.05. The first-order valence-electron chi connectivity index (χ1n) is 6.67. The van der Waals surface area contributed by atoms with E-state index in [0.717, 1.165) is 12.8 Å². The molecule has 1 aliphatic rings. The SMILES string of the molecule is CO[C@H]1CC[C@H](O[Si](C)(C)C(C)(C)C)[C@H](O)[C@@H]1O. The van der Waals surface area contributed by atoms with Gasteiger partial charge >= 0.3 is 0 Å². The molecule has 5 heteroatoms. The monoisotopic (exact) mass is 276 g/mol. The zero-order valence-corrected chi connectivity index (χ0v) is 13.4. The maximum Gasteiger partial charge on any atom is 0.192 e. The summed E-state index contributed by atoms with van der Waals surface area (Å²) in [7, 11) is -0.343. The van der Waals surface area contributed by atoms with Crippen LogP contribution in [0.4, 0.5) is 0 Å². The number of hydrogen-bond donors (Lipinski definition) is 2. The van der Waals surface area contributed by atoms with Gasteiger partial charge in [0.25, 0.3) is 0 Å². The van der Waals surface area contributed by atoms with Gasteiger partial charge in [-0.1, -0.05) is 20.8 Å². The predicted molar refractivity (Wildman–Crippen MR) is 74.1 cm³/mol. The molecule has 0 unspecified atom stereocenters. The smallest absolute Gasteiger partial charge is 0.192 e. The molecule has 0 saturated heterocycles. The van der Waals surface area contributed by atoms with Crippen LogP contribution in [0.25, 0.3) is 0 Å². The lowest BCUT2D eigenvalue weighted by Crippen LogP contribution is -2.55. The van der Waals surface area contributed by atoms with Crippen LogP contribution >= 0.6 is 0 Å². The Hall–Kier alpha value is 0.0569. The molecule has 0 radical (unpaired) electrons. The molecule has 1 fully saturated rings. The molecule has 108 valence electrons. The summed E-state index contributed by atoms with van der Waals surface area (Å²) in [4.78, 5) is 0. The zero-order chi connectivity index (χ0) is 14.1. The maximum absolute atomic E-state index is 10.1. The average molecular weight is 276 g/mol. The summed E-state index contributed by atoms with van der Waals surface area (Å²) < 4.78 is 11.4. The molecule has 0 spiro atoms. The van der Waals surface area contributed by atoms with Crippen molar-refractivity contribution < 1.29 is 19.4 Å². The van der Waals surface area contributed by atoms with E-state index in [9.17, 15) is 10.2 Å². The van der Waals surface area contributed by atoms with Gasteiger partial charge < -0.3 is 19.4 Å². The van der Waals surface area contributed by atoms with Gasteiger partial charge in [0, 0.05) is 7.11 Å². The number of rotatable bonds is 3. The molecule has 0 heterocycles. The van der Waals surface area contributed by atoms with E-state index in [1.807, 2.05) is 0 Å². The molecule has 1 saturated carbocycles. The number of aliphatic hydroxyl groups excluding tert-OH is 2. The van der Waals surface area contributed by atoms with E-state index in [1.165, 1.54) is 0 Å². The highest BCUT2D eigenvalue weighted by molar-refractivity contribution is 6.74. The van der Waals surface area contributed by atoms with Crippen molar-refractivity contribution in [2.45, 2.75) is 76.2 Å². The van der Waals surface area contributed by atoms with Crippen molar-refractivity contribution in [1.29, 1.82) is 0 Å². The van der Waals surface area contributed by atoms with Crippen molar-refractivity contribution in [2.75, 3.05) is 7.11 Å². The molecule has 0 amide bonds. The van der Waals surface area contributed by atoms with Gasteiger partial charge in [-0.05, 0) is 31.0 Å². The Labute approximate surface area is 111 Å². The van der Waals surface area contributed by atoms with E-state index in [2.05, 4.69) is 33.9 Å². The minimum absolute atomic E-state index is 0.107. The highest BCUT2D eigenvalue weighted by Crippen LogP contribution is 2.39. The van der Waals surface area contributed by atoms with Gasteiger partial charge in [0.05, 0.1) is 12.2 Å². The Morgan fingerprint density at radius 1 is 1.00 bits per heavy atom. The van der Waals surface area contributed by atoms with E-state index in [1.54, 1.807) is 7.11 Å². The zero-order valence-electron chi connectivity index (χ0n) is 12.4. The van der Waals surface area contributed by atoms with E-state index >= 15 is 0 Å². The van der Waals surface area contributed by atoms with Gasteiger partial charge in [-0.25, -0.2) is 0 Å². The fourth-order valence-corrected chi connectivity index (χ4v) is 3.42. The normalized spacial score (nSPS) is 34.7. The van der Waals surface area contributed by atoms with Crippen LogP contribution in [0.2, 0.25) is 18.1 Å². The molecule has 0 bridgehead atoms. The average Bonchev–Trinajstić information content (AvgIpc) is 2.23. The topological polar surface area (TPSA) is 58.9 Å². The molecular weight excluding hydrogens is 248 g/mol. The van der Waals surface area contributed by atoms with Gasteiger partial charge in [-0.15, -0.1) is 0 Å². The Morgan fingerprint density at radius 2 is 1.44 bits per heavy atom. The first kappa shape index (κ1) is 16.1. The van der Waals surface area contributed by atoms with Gasteiger partial charge in [0.15, 0.2) is 8.32 Å². The largest absolute Gasteiger partial charge is 0.411 e. The second-order valence-electron chi connectivity index (χ2n) is 6.75. The van der Waals surface area contributed by atoms with Crippen LogP contribution in [-0.2, 0) is 9.16 Å². The predicted octanol–water partition coefficient (Wildman–Crippen LogP) is 1.91. The minimum Gasteiger partial charge on any atom is -0.411 e. The van der Waals surface area contributed by atoms with Crippen molar-refractivity contribution in [1.82, 2.24) is 0 Å². The Morgan fingerprint density at radius 3 is 1.89 bits per heavy atom. The molecule has 4 atom stereocenters. The minimum atomic E-state index is -1.91. The second kappa shape index (κ2) is 5.59. The molecule has 18 heavy (non-hydrogen) atoms. The molecule has 0 aromatic rings. The van der Waals surface area contributed by atoms with Crippen molar-refractivity contribution >= 4 is 8.32 Å². The molecule has 1 aliphatic carbocycles. The van der Waals surface area contributed by atoms with E-state index < -0.39 is 20.5 Å². The molecule has 0 aliphatic heterocycles. The van der Waals surface area contributed by atoms with Gasteiger partial charge in [-0.3, -0.25) is 0 Å². The molecule has 1 rings (SSSR count). The molecular formula is C13H28O4Si. The summed E-state index contributed by atoms with van der Waals surface area (Å²) in [6, 6.07) is 0. The molecule has 0 aromatic heterocycles. The first-order chi connectivity index (χ1) is 8.10. The number of methoxy groups -OCH3 is 1. The summed E-state index contributed by atoms with van der Waals surface area (Å²) >= 11 is 0. The maximum atomic E-state index is 10.1.